The van der Waals surface area contributed by atoms with E-state index in [2.05, 4.69) is 14.0 Å². The van der Waals surface area contributed by atoms with Crippen molar-refractivity contribution in [2.45, 2.75) is 6.41 Å². The molecule has 1 rings (SSSR count). The van der Waals surface area contributed by atoms with Gasteiger partial charge in [-0.05, 0) is 12.1 Å². The van der Waals surface area contributed by atoms with E-state index in [1.807, 2.05) is 5.32 Å². The van der Waals surface area contributed by atoms with Gasteiger partial charge in [-0.15, -0.1) is 0 Å². The van der Waals surface area contributed by atoms with Crippen molar-refractivity contribution in [1.82, 2.24) is 10.3 Å². The van der Waals surface area contributed by atoms with Gasteiger partial charge in [0.25, 0.3) is 12.3 Å². The summed E-state index contributed by atoms with van der Waals surface area (Å²) in [5, 5.41) is 1.98. The topological polar surface area (TPSA) is 135 Å². The van der Waals surface area contributed by atoms with E-state index < -0.39 is 28.8 Å². The maximum absolute atomic E-state index is 11.5. The van der Waals surface area contributed by atoms with Gasteiger partial charge in [-0.2, -0.15) is 0 Å². The lowest BCUT2D eigenvalue weighted by Crippen LogP contribution is -2.36. The van der Waals surface area contributed by atoms with Crippen LogP contribution < -0.4 is 5.32 Å². The molecule has 18 heavy (non-hydrogen) atoms. The first-order valence-corrected chi connectivity index (χ1v) is 7.03. The van der Waals surface area contributed by atoms with Crippen LogP contribution in [0.4, 0.5) is 0 Å². The summed E-state index contributed by atoms with van der Waals surface area (Å²) in [6.45, 7) is 0. The SMILES string of the molecule is O=C(NC(O[PH](=O)O)O[PH](=O)O)c1ccccn1. The molecule has 0 bridgehead atoms. The fourth-order valence-corrected chi connectivity index (χ4v) is 1.62. The van der Waals surface area contributed by atoms with Gasteiger partial charge in [-0.25, -0.2) is 0 Å². The Kier molecular flexibility index (Phi) is 6.14. The second-order valence-electron chi connectivity index (χ2n) is 2.79. The van der Waals surface area contributed by atoms with Crippen LogP contribution in [0.5, 0.6) is 0 Å². The van der Waals surface area contributed by atoms with E-state index in [0.29, 0.717) is 0 Å². The summed E-state index contributed by atoms with van der Waals surface area (Å²) in [6.07, 6.45) is -0.442. The lowest BCUT2D eigenvalue weighted by Gasteiger charge is -2.15. The van der Waals surface area contributed by atoms with Crippen LogP contribution in [0.3, 0.4) is 0 Å². The van der Waals surface area contributed by atoms with Gasteiger partial charge in [0, 0.05) is 6.20 Å². The largest absolute Gasteiger partial charge is 0.326 e. The first-order valence-electron chi connectivity index (χ1n) is 4.50. The number of carbonyl (C=O) groups is 1. The average Bonchev–Trinajstić information content (AvgIpc) is 2.28. The Hall–Kier alpha value is -1.08. The van der Waals surface area contributed by atoms with Gasteiger partial charge in [0.05, 0.1) is 0 Å². The molecule has 0 radical (unpaired) electrons. The monoisotopic (exact) mass is 296 g/mol. The minimum absolute atomic E-state index is 0.00933. The molecule has 1 aromatic rings. The molecule has 0 saturated carbocycles. The number of pyridine rings is 1. The average molecular weight is 296 g/mol. The summed E-state index contributed by atoms with van der Waals surface area (Å²) in [7, 11) is -6.90. The lowest BCUT2D eigenvalue weighted by atomic mass is 10.3. The maximum atomic E-state index is 11.5. The summed E-state index contributed by atoms with van der Waals surface area (Å²) >= 11 is 0. The normalized spacial score (nSPS) is 15.7. The van der Waals surface area contributed by atoms with Crippen molar-refractivity contribution in [2.75, 3.05) is 0 Å². The highest BCUT2D eigenvalue weighted by molar-refractivity contribution is 7.32. The summed E-state index contributed by atoms with van der Waals surface area (Å²) in [5.41, 5.74) is -0.00933. The summed E-state index contributed by atoms with van der Waals surface area (Å²) in [6, 6.07) is 4.50. The quantitative estimate of drug-likeness (QED) is 0.489. The van der Waals surface area contributed by atoms with E-state index in [1.165, 1.54) is 12.3 Å². The van der Waals surface area contributed by atoms with E-state index in [-0.39, 0.29) is 5.69 Å². The Labute approximate surface area is 103 Å². The molecule has 0 aromatic carbocycles. The Balaban J connectivity index is 2.68. The Bertz CT molecular complexity index is 438. The summed E-state index contributed by atoms with van der Waals surface area (Å²) in [4.78, 5) is 32.3. The molecular formula is C7H10N2O7P2. The van der Waals surface area contributed by atoms with Crippen molar-refractivity contribution >= 4 is 22.4 Å². The van der Waals surface area contributed by atoms with Crippen LogP contribution >= 0.6 is 16.5 Å². The molecule has 0 spiro atoms. The third-order valence-corrected chi connectivity index (χ3v) is 2.39. The second kappa shape index (κ2) is 7.38. The fourth-order valence-electron chi connectivity index (χ4n) is 0.944. The number of hydrogen-bond donors (Lipinski definition) is 3. The molecule has 9 nitrogen and oxygen atoms in total. The van der Waals surface area contributed by atoms with Crippen molar-refractivity contribution in [2.24, 2.45) is 0 Å². The molecule has 0 aliphatic carbocycles. The molecule has 1 heterocycles. The maximum Gasteiger partial charge on any atom is 0.320 e. The summed E-state index contributed by atoms with van der Waals surface area (Å²) in [5.74, 6) is -0.785. The predicted molar refractivity (Wildman–Crippen MR) is 60.1 cm³/mol. The molecular weight excluding hydrogens is 286 g/mol. The number of nitrogens with one attached hydrogen (secondary N) is 1. The van der Waals surface area contributed by atoms with Crippen LogP contribution in [0.2, 0.25) is 0 Å². The van der Waals surface area contributed by atoms with E-state index >= 15 is 0 Å². The number of aromatic nitrogens is 1. The molecule has 0 aliphatic rings. The molecule has 2 unspecified atom stereocenters. The fraction of sp³-hybridized carbons (Fsp3) is 0.143. The van der Waals surface area contributed by atoms with Crippen LogP contribution in [0.25, 0.3) is 0 Å². The third-order valence-electron chi connectivity index (χ3n) is 1.56. The minimum atomic E-state index is -3.45. The number of rotatable bonds is 6. The van der Waals surface area contributed by atoms with E-state index in [4.69, 9.17) is 9.79 Å². The van der Waals surface area contributed by atoms with Gasteiger partial charge in [0.15, 0.2) is 0 Å². The highest BCUT2D eigenvalue weighted by Crippen LogP contribution is 2.24. The number of hydrogen-bond acceptors (Lipinski definition) is 6. The highest BCUT2D eigenvalue weighted by Gasteiger charge is 2.19. The Morgan fingerprint density at radius 2 is 1.89 bits per heavy atom. The predicted octanol–water partition coefficient (Wildman–Crippen LogP) is -0.108. The van der Waals surface area contributed by atoms with E-state index in [0.717, 1.165) is 0 Å². The van der Waals surface area contributed by atoms with Crippen LogP contribution in [-0.2, 0) is 18.2 Å². The van der Waals surface area contributed by atoms with Crippen molar-refractivity contribution in [3.63, 3.8) is 0 Å². The molecule has 0 saturated heterocycles. The molecule has 3 N–H and O–H groups in total. The molecule has 1 aromatic heterocycles. The molecule has 2 atom stereocenters. The van der Waals surface area contributed by atoms with E-state index in [1.54, 1.807) is 12.1 Å². The minimum Gasteiger partial charge on any atom is -0.326 e. The van der Waals surface area contributed by atoms with Crippen molar-refractivity contribution in [3.05, 3.63) is 30.1 Å². The van der Waals surface area contributed by atoms with Crippen molar-refractivity contribution in [1.29, 1.82) is 0 Å². The molecule has 11 heteroatoms. The first-order chi connectivity index (χ1) is 8.49. The van der Waals surface area contributed by atoms with Crippen LogP contribution in [0.1, 0.15) is 10.5 Å². The zero-order chi connectivity index (χ0) is 13.5. The third kappa shape index (κ3) is 5.50. The van der Waals surface area contributed by atoms with Gasteiger partial charge >= 0.3 is 16.5 Å². The molecule has 0 fully saturated rings. The smallest absolute Gasteiger partial charge is 0.320 e. The zero-order valence-corrected chi connectivity index (χ0v) is 10.8. The number of nitrogens with zero attached hydrogens (tertiary/aromatic N) is 1. The van der Waals surface area contributed by atoms with Crippen molar-refractivity contribution in [3.8, 4) is 0 Å². The summed E-state index contributed by atoms with van der Waals surface area (Å²) < 4.78 is 29.4. The van der Waals surface area contributed by atoms with Gasteiger partial charge in [-0.3, -0.25) is 28.0 Å². The number of carbonyl (C=O) groups excluding carboxylic acids is 1. The Morgan fingerprint density at radius 1 is 1.28 bits per heavy atom. The lowest BCUT2D eigenvalue weighted by molar-refractivity contribution is -0.0192. The molecule has 1 amide bonds. The second-order valence-corrected chi connectivity index (χ2v) is 4.32. The van der Waals surface area contributed by atoms with Gasteiger partial charge in [0.2, 0.25) is 0 Å². The van der Waals surface area contributed by atoms with Gasteiger partial charge in [-0.1, -0.05) is 6.07 Å². The van der Waals surface area contributed by atoms with Crippen LogP contribution in [-0.4, -0.2) is 27.1 Å². The molecule has 100 valence electrons. The standard InChI is InChI=1S/C7H10N2O7P2/c10-6(5-3-1-2-4-8-5)9-7(15-17(11)12)16-18(13)14/h1-4,7,17-18H,(H,9,10)(H,11,12)(H,13,14). The number of amides is 1. The molecule has 0 aliphatic heterocycles. The van der Waals surface area contributed by atoms with Crippen LogP contribution in [0.15, 0.2) is 24.4 Å². The highest BCUT2D eigenvalue weighted by atomic mass is 31.1. The Morgan fingerprint density at radius 3 is 2.33 bits per heavy atom. The van der Waals surface area contributed by atoms with Crippen LogP contribution in [0, 0.1) is 0 Å². The zero-order valence-electron chi connectivity index (χ0n) is 8.77. The van der Waals surface area contributed by atoms with Gasteiger partial charge in [0.1, 0.15) is 5.69 Å². The van der Waals surface area contributed by atoms with E-state index in [9.17, 15) is 13.9 Å². The first kappa shape index (κ1) is 15.0. The van der Waals surface area contributed by atoms with Gasteiger partial charge < -0.3 is 15.1 Å². The van der Waals surface area contributed by atoms with Crippen molar-refractivity contribution < 1.29 is 32.8 Å².